The Morgan fingerprint density at radius 3 is 2.78 bits per heavy atom. The minimum absolute atomic E-state index is 0.0801. The SMILES string of the molecule is COCCC1(Nc2nc(CC(C)C)nc3c2CCNC3=O)CC1. The number of aromatic nitrogens is 2. The molecule has 3 rings (SSSR count). The summed E-state index contributed by atoms with van der Waals surface area (Å²) in [6.45, 7) is 5.66. The van der Waals surface area contributed by atoms with Crippen LogP contribution in [0, 0.1) is 5.92 Å². The summed E-state index contributed by atoms with van der Waals surface area (Å²) in [6, 6.07) is 0. The zero-order chi connectivity index (χ0) is 16.4. The lowest BCUT2D eigenvalue weighted by Crippen LogP contribution is -2.35. The van der Waals surface area contributed by atoms with Crippen LogP contribution in [0.5, 0.6) is 0 Å². The Hall–Kier alpha value is -1.69. The van der Waals surface area contributed by atoms with Crippen LogP contribution in [0.4, 0.5) is 5.82 Å². The number of methoxy groups -OCH3 is 1. The van der Waals surface area contributed by atoms with Crippen LogP contribution in [0.1, 0.15) is 55.0 Å². The molecule has 1 saturated carbocycles. The fraction of sp³-hybridized carbons (Fsp3) is 0.706. The number of anilines is 1. The molecule has 6 nitrogen and oxygen atoms in total. The molecule has 1 amide bonds. The smallest absolute Gasteiger partial charge is 0.270 e. The molecule has 0 saturated heterocycles. The summed E-state index contributed by atoms with van der Waals surface area (Å²) >= 11 is 0. The van der Waals surface area contributed by atoms with E-state index >= 15 is 0 Å². The molecule has 2 heterocycles. The molecule has 0 bridgehead atoms. The summed E-state index contributed by atoms with van der Waals surface area (Å²) in [5.41, 5.74) is 1.60. The number of carbonyl (C=O) groups is 1. The van der Waals surface area contributed by atoms with Gasteiger partial charge in [0.1, 0.15) is 17.3 Å². The summed E-state index contributed by atoms with van der Waals surface area (Å²) in [4.78, 5) is 21.5. The molecule has 6 heteroatoms. The maximum atomic E-state index is 12.2. The van der Waals surface area contributed by atoms with Crippen LogP contribution in [0.3, 0.4) is 0 Å². The largest absolute Gasteiger partial charge is 0.385 e. The lowest BCUT2D eigenvalue weighted by atomic mass is 10.0. The third-order valence-electron chi connectivity index (χ3n) is 4.54. The summed E-state index contributed by atoms with van der Waals surface area (Å²) < 4.78 is 5.22. The van der Waals surface area contributed by atoms with E-state index in [2.05, 4.69) is 29.5 Å². The Labute approximate surface area is 137 Å². The van der Waals surface area contributed by atoms with Gasteiger partial charge in [-0.25, -0.2) is 9.97 Å². The first-order valence-corrected chi connectivity index (χ1v) is 8.48. The lowest BCUT2D eigenvalue weighted by molar-refractivity contribution is 0.0940. The number of nitrogens with zero attached hydrogens (tertiary/aromatic N) is 2. The molecule has 0 spiro atoms. The molecule has 0 aromatic carbocycles. The summed E-state index contributed by atoms with van der Waals surface area (Å²) in [5.74, 6) is 1.98. The standard InChI is InChI=1S/C17H26N4O2/c1-11(2)10-13-19-14-12(4-8-18-16(14)22)15(20-13)21-17(5-6-17)7-9-23-3/h11H,4-10H2,1-3H3,(H,18,22)(H,19,20,21). The molecule has 1 aromatic rings. The van der Waals surface area contributed by atoms with Crippen LogP contribution in [0.15, 0.2) is 0 Å². The van der Waals surface area contributed by atoms with E-state index < -0.39 is 0 Å². The number of carbonyl (C=O) groups excluding carboxylic acids is 1. The van der Waals surface area contributed by atoms with Gasteiger partial charge < -0.3 is 15.4 Å². The van der Waals surface area contributed by atoms with Crippen molar-refractivity contribution < 1.29 is 9.53 Å². The maximum Gasteiger partial charge on any atom is 0.270 e. The average molecular weight is 318 g/mol. The zero-order valence-corrected chi connectivity index (χ0v) is 14.2. The number of hydrogen-bond donors (Lipinski definition) is 2. The molecule has 1 aliphatic heterocycles. The van der Waals surface area contributed by atoms with Crippen molar-refractivity contribution in [1.29, 1.82) is 0 Å². The number of ether oxygens (including phenoxy) is 1. The van der Waals surface area contributed by atoms with Gasteiger partial charge in [0.25, 0.3) is 5.91 Å². The van der Waals surface area contributed by atoms with E-state index in [4.69, 9.17) is 9.72 Å². The van der Waals surface area contributed by atoms with Gasteiger partial charge in [-0.1, -0.05) is 13.8 Å². The van der Waals surface area contributed by atoms with Crippen molar-refractivity contribution in [3.8, 4) is 0 Å². The minimum atomic E-state index is -0.0801. The highest BCUT2D eigenvalue weighted by molar-refractivity contribution is 5.96. The molecule has 1 aromatic heterocycles. The van der Waals surface area contributed by atoms with Crippen molar-refractivity contribution >= 4 is 11.7 Å². The van der Waals surface area contributed by atoms with Crippen LogP contribution < -0.4 is 10.6 Å². The first-order valence-electron chi connectivity index (χ1n) is 8.48. The summed E-state index contributed by atoms with van der Waals surface area (Å²) in [6.07, 6.45) is 4.78. The zero-order valence-electron chi connectivity index (χ0n) is 14.2. The molecule has 126 valence electrons. The highest BCUT2D eigenvalue weighted by Gasteiger charge is 2.43. The second-order valence-corrected chi connectivity index (χ2v) is 7.07. The van der Waals surface area contributed by atoms with Gasteiger partial charge in [0.05, 0.1) is 0 Å². The van der Waals surface area contributed by atoms with Crippen molar-refractivity contribution in [2.24, 2.45) is 5.92 Å². The Kier molecular flexibility index (Phi) is 4.53. The molecule has 2 N–H and O–H groups in total. The van der Waals surface area contributed by atoms with Gasteiger partial charge in [0.15, 0.2) is 0 Å². The van der Waals surface area contributed by atoms with Gasteiger partial charge in [-0.3, -0.25) is 4.79 Å². The highest BCUT2D eigenvalue weighted by atomic mass is 16.5. The number of nitrogens with one attached hydrogen (secondary N) is 2. The van der Waals surface area contributed by atoms with Gasteiger partial charge in [-0.15, -0.1) is 0 Å². The van der Waals surface area contributed by atoms with Gasteiger partial charge in [-0.05, 0) is 31.6 Å². The van der Waals surface area contributed by atoms with Crippen molar-refractivity contribution in [3.05, 3.63) is 17.1 Å². The maximum absolute atomic E-state index is 12.2. The number of rotatable bonds is 7. The van der Waals surface area contributed by atoms with E-state index in [0.29, 0.717) is 18.2 Å². The molecule has 0 radical (unpaired) electrons. The van der Waals surface area contributed by atoms with Gasteiger partial charge in [0, 0.05) is 37.8 Å². The van der Waals surface area contributed by atoms with Gasteiger partial charge >= 0.3 is 0 Å². The molecule has 0 unspecified atom stereocenters. The Bertz CT molecular complexity index is 597. The summed E-state index contributed by atoms with van der Waals surface area (Å²) in [7, 11) is 1.73. The summed E-state index contributed by atoms with van der Waals surface area (Å²) in [5, 5.41) is 6.50. The number of amides is 1. The third kappa shape index (κ3) is 3.63. The monoisotopic (exact) mass is 318 g/mol. The lowest BCUT2D eigenvalue weighted by Gasteiger charge is -2.24. The van der Waals surface area contributed by atoms with Crippen LogP contribution in [0.25, 0.3) is 0 Å². The second-order valence-electron chi connectivity index (χ2n) is 7.07. The van der Waals surface area contributed by atoms with Crippen molar-refractivity contribution in [2.45, 2.75) is 51.5 Å². The van der Waals surface area contributed by atoms with Gasteiger partial charge in [0.2, 0.25) is 0 Å². The van der Waals surface area contributed by atoms with Gasteiger partial charge in [-0.2, -0.15) is 0 Å². The molecule has 1 aliphatic carbocycles. The van der Waals surface area contributed by atoms with E-state index in [0.717, 1.165) is 55.9 Å². The first kappa shape index (κ1) is 16.2. The average Bonchev–Trinajstić information content (AvgIpc) is 3.26. The van der Waals surface area contributed by atoms with E-state index in [1.807, 2.05) is 0 Å². The predicted octanol–water partition coefficient (Wildman–Crippen LogP) is 1.94. The topological polar surface area (TPSA) is 76.1 Å². The van der Waals surface area contributed by atoms with Crippen LogP contribution >= 0.6 is 0 Å². The fourth-order valence-electron chi connectivity index (χ4n) is 3.04. The Balaban J connectivity index is 1.91. The van der Waals surface area contributed by atoms with E-state index in [1.54, 1.807) is 7.11 Å². The molecule has 0 atom stereocenters. The molecular formula is C17H26N4O2. The molecular weight excluding hydrogens is 292 g/mol. The van der Waals surface area contributed by atoms with Crippen molar-refractivity contribution in [1.82, 2.24) is 15.3 Å². The van der Waals surface area contributed by atoms with E-state index in [9.17, 15) is 4.79 Å². The minimum Gasteiger partial charge on any atom is -0.385 e. The van der Waals surface area contributed by atoms with Crippen molar-refractivity contribution in [3.63, 3.8) is 0 Å². The Morgan fingerprint density at radius 2 is 2.13 bits per heavy atom. The highest BCUT2D eigenvalue weighted by Crippen LogP contribution is 2.42. The van der Waals surface area contributed by atoms with Crippen LogP contribution in [0.2, 0.25) is 0 Å². The second kappa shape index (κ2) is 6.43. The Morgan fingerprint density at radius 1 is 1.35 bits per heavy atom. The first-order chi connectivity index (χ1) is 11.0. The van der Waals surface area contributed by atoms with Crippen LogP contribution in [-0.2, 0) is 17.6 Å². The van der Waals surface area contributed by atoms with E-state index in [1.165, 1.54) is 0 Å². The number of fused-ring (bicyclic) bond motifs is 1. The normalized spacial score (nSPS) is 18.5. The van der Waals surface area contributed by atoms with Crippen LogP contribution in [-0.4, -0.2) is 41.7 Å². The number of hydrogen-bond acceptors (Lipinski definition) is 5. The quantitative estimate of drug-likeness (QED) is 0.803. The van der Waals surface area contributed by atoms with Crippen molar-refractivity contribution in [2.75, 3.05) is 25.6 Å². The molecule has 23 heavy (non-hydrogen) atoms. The molecule has 2 aliphatic rings. The third-order valence-corrected chi connectivity index (χ3v) is 4.54. The predicted molar refractivity (Wildman–Crippen MR) is 88.7 cm³/mol. The van der Waals surface area contributed by atoms with E-state index in [-0.39, 0.29) is 11.4 Å². The molecule has 1 fully saturated rings. The fourth-order valence-corrected chi connectivity index (χ4v) is 3.04.